The fourth-order valence-corrected chi connectivity index (χ4v) is 4.51. The van der Waals surface area contributed by atoms with Crippen LogP contribution in [0.4, 0.5) is 24.5 Å². The summed E-state index contributed by atoms with van der Waals surface area (Å²) in [6.45, 7) is 6.93. The third-order valence-electron chi connectivity index (χ3n) is 7.16. The normalized spacial score (nSPS) is 11.5. The summed E-state index contributed by atoms with van der Waals surface area (Å²) in [5, 5.41) is 2.86. The molecule has 288 valence electrons. The van der Waals surface area contributed by atoms with Crippen LogP contribution in [0.2, 0.25) is 0 Å². The van der Waals surface area contributed by atoms with Gasteiger partial charge in [0, 0.05) is 12.1 Å². The van der Waals surface area contributed by atoms with Crippen molar-refractivity contribution in [2.24, 2.45) is 0 Å². The van der Waals surface area contributed by atoms with E-state index in [1.807, 2.05) is 0 Å². The van der Waals surface area contributed by atoms with Crippen LogP contribution in [0.3, 0.4) is 0 Å². The molecule has 0 radical (unpaired) electrons. The number of anilines is 2. The van der Waals surface area contributed by atoms with Crippen molar-refractivity contribution in [3.8, 4) is 0 Å². The standard InChI is InChI=1S/C37H54F3NO10/c1-2-3-4-5-6-7-15-35(42)50-28-26-48-24-22-46-20-18-44-16-17-45-19-21-47-23-25-49-27-29-51-36(43)33-13-8-9-14-34(33)41-32-12-10-11-31(30-32)37(38,39)40/h8-14,30,41H,2-7,15-29H2,1H3. The van der Waals surface area contributed by atoms with Crippen LogP contribution in [-0.2, 0) is 48.9 Å². The summed E-state index contributed by atoms with van der Waals surface area (Å²) in [5.41, 5.74) is -0.0944. The van der Waals surface area contributed by atoms with Crippen molar-refractivity contribution in [2.45, 2.75) is 58.0 Å². The molecule has 2 rings (SSSR count). The number of rotatable bonds is 31. The highest BCUT2D eigenvalue weighted by Gasteiger charge is 2.30. The van der Waals surface area contributed by atoms with Crippen molar-refractivity contribution in [3.63, 3.8) is 0 Å². The van der Waals surface area contributed by atoms with Gasteiger partial charge in [0.2, 0.25) is 0 Å². The van der Waals surface area contributed by atoms with Crippen molar-refractivity contribution >= 4 is 23.3 Å². The first-order valence-electron chi connectivity index (χ1n) is 17.6. The number of hydrogen-bond donors (Lipinski definition) is 1. The first-order chi connectivity index (χ1) is 24.8. The molecular weight excluding hydrogens is 675 g/mol. The molecule has 0 heterocycles. The Morgan fingerprint density at radius 1 is 0.588 bits per heavy atom. The highest BCUT2D eigenvalue weighted by molar-refractivity contribution is 5.96. The Morgan fingerprint density at radius 2 is 1.08 bits per heavy atom. The van der Waals surface area contributed by atoms with Crippen molar-refractivity contribution in [1.82, 2.24) is 0 Å². The Bertz CT molecular complexity index is 1200. The summed E-state index contributed by atoms with van der Waals surface area (Å²) < 4.78 is 82.2. The molecule has 1 N–H and O–H groups in total. The SMILES string of the molecule is CCCCCCCCC(=O)OCCOCCOCCOCCOCCOCCOCCOC(=O)c1ccccc1Nc1cccc(C(F)(F)F)c1. The Kier molecular flexibility index (Phi) is 24.4. The molecule has 2 aromatic carbocycles. The van der Waals surface area contributed by atoms with Gasteiger partial charge in [0.05, 0.1) is 96.1 Å². The van der Waals surface area contributed by atoms with E-state index < -0.39 is 17.7 Å². The van der Waals surface area contributed by atoms with Crippen LogP contribution in [0.5, 0.6) is 0 Å². The van der Waals surface area contributed by atoms with E-state index >= 15 is 0 Å². The third kappa shape index (κ3) is 22.3. The second-order valence-electron chi connectivity index (χ2n) is 11.3. The quantitative estimate of drug-likeness (QED) is 0.0638. The molecule has 0 atom stereocenters. The first kappa shape index (κ1) is 43.9. The molecule has 0 aliphatic carbocycles. The van der Waals surface area contributed by atoms with Crippen LogP contribution < -0.4 is 5.32 Å². The fraction of sp³-hybridized carbons (Fsp3) is 0.622. The molecule has 14 heteroatoms. The third-order valence-corrected chi connectivity index (χ3v) is 7.16. The predicted octanol–water partition coefficient (Wildman–Crippen LogP) is 7.00. The van der Waals surface area contributed by atoms with Crippen LogP contribution in [0.1, 0.15) is 67.8 Å². The predicted molar refractivity (Wildman–Crippen MR) is 185 cm³/mol. The minimum atomic E-state index is -4.48. The largest absolute Gasteiger partial charge is 0.463 e. The molecular formula is C37H54F3NO10. The monoisotopic (exact) mass is 729 g/mol. The van der Waals surface area contributed by atoms with Gasteiger partial charge < -0.3 is 43.2 Å². The fourth-order valence-electron chi connectivity index (χ4n) is 4.51. The molecule has 0 unspecified atom stereocenters. The highest BCUT2D eigenvalue weighted by atomic mass is 19.4. The maximum absolute atomic E-state index is 13.0. The topological polar surface area (TPSA) is 120 Å². The molecule has 0 aromatic heterocycles. The lowest BCUT2D eigenvalue weighted by Gasteiger charge is -2.13. The van der Waals surface area contributed by atoms with Gasteiger partial charge in [0.15, 0.2) is 0 Å². The molecule has 0 fully saturated rings. The minimum Gasteiger partial charge on any atom is -0.463 e. The van der Waals surface area contributed by atoms with E-state index in [9.17, 15) is 22.8 Å². The molecule has 0 amide bonds. The van der Waals surface area contributed by atoms with E-state index in [1.54, 1.807) is 18.2 Å². The van der Waals surface area contributed by atoms with Crippen LogP contribution >= 0.6 is 0 Å². The number of hydrogen-bond acceptors (Lipinski definition) is 11. The number of para-hydroxylation sites is 1. The Labute approximate surface area is 299 Å². The van der Waals surface area contributed by atoms with Gasteiger partial charge in [0.1, 0.15) is 13.2 Å². The number of benzene rings is 2. The lowest BCUT2D eigenvalue weighted by Crippen LogP contribution is -2.16. The molecule has 11 nitrogen and oxygen atoms in total. The smallest absolute Gasteiger partial charge is 0.416 e. The van der Waals surface area contributed by atoms with Gasteiger partial charge in [-0.3, -0.25) is 4.79 Å². The summed E-state index contributed by atoms with van der Waals surface area (Å²) in [6, 6.07) is 11.1. The van der Waals surface area contributed by atoms with Crippen LogP contribution in [-0.4, -0.2) is 104 Å². The minimum absolute atomic E-state index is 0.00328. The second-order valence-corrected chi connectivity index (χ2v) is 11.3. The Hall–Kier alpha value is -3.27. The first-order valence-corrected chi connectivity index (χ1v) is 17.6. The Balaban J connectivity index is 1.34. The van der Waals surface area contributed by atoms with E-state index in [1.165, 1.54) is 43.9 Å². The van der Waals surface area contributed by atoms with Crippen LogP contribution in [0.25, 0.3) is 0 Å². The van der Waals surface area contributed by atoms with Crippen molar-refractivity contribution in [2.75, 3.05) is 97.8 Å². The van der Waals surface area contributed by atoms with Gasteiger partial charge in [-0.15, -0.1) is 0 Å². The summed E-state index contributed by atoms with van der Waals surface area (Å²) in [6.07, 6.45) is 2.81. The summed E-state index contributed by atoms with van der Waals surface area (Å²) in [7, 11) is 0. The maximum Gasteiger partial charge on any atom is 0.416 e. The molecule has 2 aromatic rings. The number of alkyl halides is 3. The number of unbranched alkanes of at least 4 members (excludes halogenated alkanes) is 5. The van der Waals surface area contributed by atoms with Crippen molar-refractivity contribution < 1.29 is 60.7 Å². The molecule has 51 heavy (non-hydrogen) atoms. The lowest BCUT2D eigenvalue weighted by atomic mass is 10.1. The van der Waals surface area contributed by atoms with Gasteiger partial charge in [-0.25, -0.2) is 4.79 Å². The van der Waals surface area contributed by atoms with Gasteiger partial charge in [-0.1, -0.05) is 57.2 Å². The van der Waals surface area contributed by atoms with E-state index in [0.717, 1.165) is 25.0 Å². The average Bonchev–Trinajstić information content (AvgIpc) is 3.11. The van der Waals surface area contributed by atoms with E-state index in [4.69, 9.17) is 37.9 Å². The average molecular weight is 730 g/mol. The van der Waals surface area contributed by atoms with Crippen molar-refractivity contribution in [1.29, 1.82) is 0 Å². The number of halogens is 3. The summed E-state index contributed by atoms with van der Waals surface area (Å²) >= 11 is 0. The number of nitrogens with one attached hydrogen (secondary N) is 1. The highest BCUT2D eigenvalue weighted by Crippen LogP contribution is 2.32. The molecule has 0 saturated heterocycles. The molecule has 0 saturated carbocycles. The number of ether oxygens (including phenoxy) is 8. The molecule has 0 aliphatic heterocycles. The van der Waals surface area contributed by atoms with E-state index in [-0.39, 0.29) is 37.0 Å². The molecule has 0 bridgehead atoms. The number of carbonyl (C=O) groups is 2. The van der Waals surface area contributed by atoms with Gasteiger partial charge in [0.25, 0.3) is 0 Å². The van der Waals surface area contributed by atoms with Gasteiger partial charge in [-0.05, 0) is 36.8 Å². The maximum atomic E-state index is 13.0. The second kappa shape index (κ2) is 28.3. The number of carbonyl (C=O) groups excluding carboxylic acids is 2. The Morgan fingerprint density at radius 3 is 1.63 bits per heavy atom. The van der Waals surface area contributed by atoms with Crippen LogP contribution in [0.15, 0.2) is 48.5 Å². The van der Waals surface area contributed by atoms with Crippen molar-refractivity contribution in [3.05, 3.63) is 59.7 Å². The van der Waals surface area contributed by atoms with Gasteiger partial charge in [-0.2, -0.15) is 13.2 Å². The summed E-state index contributed by atoms with van der Waals surface area (Å²) in [5.74, 6) is -0.797. The van der Waals surface area contributed by atoms with E-state index in [2.05, 4.69) is 12.2 Å². The zero-order valence-electron chi connectivity index (χ0n) is 29.7. The van der Waals surface area contributed by atoms with E-state index in [0.29, 0.717) is 84.8 Å². The van der Waals surface area contributed by atoms with Crippen LogP contribution in [0, 0.1) is 0 Å². The lowest BCUT2D eigenvalue weighted by molar-refractivity contribution is -0.145. The zero-order chi connectivity index (χ0) is 36.8. The van der Waals surface area contributed by atoms with Gasteiger partial charge >= 0.3 is 18.1 Å². The number of esters is 2. The molecule has 0 spiro atoms. The zero-order valence-corrected chi connectivity index (χ0v) is 29.7. The molecule has 0 aliphatic rings. The summed E-state index contributed by atoms with van der Waals surface area (Å²) in [4.78, 5) is 24.3.